The van der Waals surface area contributed by atoms with Crippen molar-refractivity contribution in [3.8, 4) is 0 Å². The van der Waals surface area contributed by atoms with Crippen molar-refractivity contribution in [2.45, 2.75) is 25.7 Å². The predicted molar refractivity (Wildman–Crippen MR) is 81.1 cm³/mol. The van der Waals surface area contributed by atoms with Crippen LogP contribution in [0, 0.1) is 0 Å². The third-order valence-electron chi connectivity index (χ3n) is 3.49. The summed E-state index contributed by atoms with van der Waals surface area (Å²) < 4.78 is 5.76. The maximum atomic E-state index is 12.0. The molecule has 0 fully saturated rings. The van der Waals surface area contributed by atoms with Crippen molar-refractivity contribution in [2.75, 3.05) is 6.54 Å². The van der Waals surface area contributed by atoms with Gasteiger partial charge in [-0.05, 0) is 11.1 Å². The Morgan fingerprint density at radius 1 is 1.43 bits per heavy atom. The molecule has 2 heterocycles. The summed E-state index contributed by atoms with van der Waals surface area (Å²) in [5.74, 6) is -0.173. The summed E-state index contributed by atoms with van der Waals surface area (Å²) in [4.78, 5) is 16.2. The summed E-state index contributed by atoms with van der Waals surface area (Å²) in [6.07, 6.45) is 0.832. The highest BCUT2D eigenvalue weighted by Gasteiger charge is 2.20. The Hall–Kier alpha value is -1.76. The summed E-state index contributed by atoms with van der Waals surface area (Å²) >= 11 is 1.40. The van der Waals surface area contributed by atoms with E-state index in [-0.39, 0.29) is 12.0 Å². The number of ether oxygens (including phenoxy) is 1. The molecule has 1 aromatic heterocycles. The lowest BCUT2D eigenvalue weighted by atomic mass is 9.99. The largest absolute Gasteiger partial charge is 0.371 e. The molecule has 3 rings (SSSR count). The highest BCUT2D eigenvalue weighted by atomic mass is 32.1. The van der Waals surface area contributed by atoms with E-state index in [2.05, 4.69) is 22.4 Å². The molecule has 0 radical (unpaired) electrons. The topological polar surface area (TPSA) is 77.2 Å². The van der Waals surface area contributed by atoms with E-state index in [1.807, 2.05) is 12.1 Å². The molecule has 0 saturated carbocycles. The second kappa shape index (κ2) is 6.34. The molecule has 110 valence electrons. The number of hydrogen-bond donors (Lipinski definition) is 2. The van der Waals surface area contributed by atoms with Gasteiger partial charge in [0, 0.05) is 24.9 Å². The Morgan fingerprint density at radius 3 is 3.00 bits per heavy atom. The lowest BCUT2D eigenvalue weighted by Gasteiger charge is -2.25. The molecule has 0 bridgehead atoms. The molecule has 21 heavy (non-hydrogen) atoms. The van der Waals surface area contributed by atoms with Crippen LogP contribution in [0.5, 0.6) is 0 Å². The van der Waals surface area contributed by atoms with Crippen molar-refractivity contribution in [1.29, 1.82) is 0 Å². The number of fused-ring (bicyclic) bond motifs is 1. The van der Waals surface area contributed by atoms with Crippen molar-refractivity contribution < 1.29 is 9.53 Å². The zero-order chi connectivity index (χ0) is 14.7. The third-order valence-corrected chi connectivity index (χ3v) is 4.36. The van der Waals surface area contributed by atoms with Gasteiger partial charge in [0.05, 0.1) is 12.7 Å². The summed E-state index contributed by atoms with van der Waals surface area (Å²) in [6.45, 7) is 1.45. The molecule has 1 atom stereocenters. The highest BCUT2D eigenvalue weighted by molar-refractivity contribution is 7.09. The van der Waals surface area contributed by atoms with Gasteiger partial charge in [0.25, 0.3) is 5.91 Å². The van der Waals surface area contributed by atoms with Crippen LogP contribution in [-0.4, -0.2) is 23.5 Å². The standard InChI is InChI=1S/C15H17N3O2S/c16-6-14-18-13(9-21-14)15(19)17-7-12-5-10-3-1-2-4-11(10)8-20-12/h1-4,9,12H,5-8,16H2,(H,17,19)/t12-/m0/s1. The third kappa shape index (κ3) is 3.29. The van der Waals surface area contributed by atoms with E-state index in [0.29, 0.717) is 25.4 Å². The van der Waals surface area contributed by atoms with Crippen LogP contribution in [-0.2, 0) is 24.3 Å². The molecule has 5 nitrogen and oxygen atoms in total. The van der Waals surface area contributed by atoms with Crippen LogP contribution < -0.4 is 11.1 Å². The van der Waals surface area contributed by atoms with Crippen LogP contribution in [0.15, 0.2) is 29.6 Å². The number of rotatable bonds is 4. The zero-order valence-electron chi connectivity index (χ0n) is 11.5. The van der Waals surface area contributed by atoms with Gasteiger partial charge >= 0.3 is 0 Å². The zero-order valence-corrected chi connectivity index (χ0v) is 12.4. The first-order chi connectivity index (χ1) is 10.3. The fourth-order valence-corrected chi connectivity index (χ4v) is 3.00. The van der Waals surface area contributed by atoms with E-state index in [0.717, 1.165) is 11.4 Å². The predicted octanol–water partition coefficient (Wildman–Crippen LogP) is 1.47. The van der Waals surface area contributed by atoms with Gasteiger partial charge in [-0.15, -0.1) is 11.3 Å². The van der Waals surface area contributed by atoms with Crippen molar-refractivity contribution in [3.63, 3.8) is 0 Å². The Bertz CT molecular complexity index is 641. The second-order valence-corrected chi connectivity index (χ2v) is 5.89. The van der Waals surface area contributed by atoms with Crippen LogP contribution in [0.4, 0.5) is 0 Å². The molecule has 0 saturated heterocycles. The number of benzene rings is 1. The molecule has 1 amide bonds. The maximum Gasteiger partial charge on any atom is 0.270 e. The number of amides is 1. The Labute approximate surface area is 127 Å². The summed E-state index contributed by atoms with van der Waals surface area (Å²) in [5.41, 5.74) is 8.45. The van der Waals surface area contributed by atoms with Gasteiger partial charge in [0.1, 0.15) is 10.7 Å². The number of thiazole rings is 1. The maximum absolute atomic E-state index is 12.0. The molecular formula is C15H17N3O2S. The van der Waals surface area contributed by atoms with Gasteiger partial charge < -0.3 is 15.8 Å². The van der Waals surface area contributed by atoms with Crippen LogP contribution >= 0.6 is 11.3 Å². The number of hydrogen-bond acceptors (Lipinski definition) is 5. The number of nitrogens with one attached hydrogen (secondary N) is 1. The van der Waals surface area contributed by atoms with E-state index in [9.17, 15) is 4.79 Å². The van der Waals surface area contributed by atoms with Crippen molar-refractivity contribution >= 4 is 17.2 Å². The summed E-state index contributed by atoms with van der Waals surface area (Å²) in [5, 5.41) is 5.37. The van der Waals surface area contributed by atoms with E-state index < -0.39 is 0 Å². The normalized spacial score (nSPS) is 17.3. The molecule has 1 aliphatic heterocycles. The minimum atomic E-state index is -0.173. The van der Waals surface area contributed by atoms with E-state index >= 15 is 0 Å². The van der Waals surface area contributed by atoms with Gasteiger partial charge in [-0.3, -0.25) is 4.79 Å². The van der Waals surface area contributed by atoms with Crippen LogP contribution in [0.25, 0.3) is 0 Å². The monoisotopic (exact) mass is 303 g/mol. The molecule has 0 unspecified atom stereocenters. The number of carbonyl (C=O) groups excluding carboxylic acids is 1. The lowest BCUT2D eigenvalue weighted by molar-refractivity contribution is 0.0284. The Balaban J connectivity index is 1.55. The number of carbonyl (C=O) groups is 1. The van der Waals surface area contributed by atoms with Gasteiger partial charge in [0.2, 0.25) is 0 Å². The SMILES string of the molecule is NCc1nc(C(=O)NC[C@@H]2Cc3ccccc3CO2)cs1. The average Bonchev–Trinajstić information content (AvgIpc) is 3.01. The van der Waals surface area contributed by atoms with Crippen LogP contribution in [0.1, 0.15) is 26.6 Å². The van der Waals surface area contributed by atoms with Gasteiger partial charge in [-0.25, -0.2) is 4.98 Å². The minimum absolute atomic E-state index is 0.0106. The number of aromatic nitrogens is 1. The summed E-state index contributed by atoms with van der Waals surface area (Å²) in [7, 11) is 0. The highest BCUT2D eigenvalue weighted by Crippen LogP contribution is 2.19. The van der Waals surface area contributed by atoms with Gasteiger partial charge in [0.15, 0.2) is 0 Å². The molecular weight excluding hydrogens is 286 g/mol. The number of nitrogens with two attached hydrogens (primary N) is 1. The van der Waals surface area contributed by atoms with Gasteiger partial charge in [-0.1, -0.05) is 24.3 Å². The molecule has 0 spiro atoms. The Morgan fingerprint density at radius 2 is 2.24 bits per heavy atom. The fourth-order valence-electron chi connectivity index (χ4n) is 2.35. The minimum Gasteiger partial charge on any atom is -0.371 e. The lowest BCUT2D eigenvalue weighted by Crippen LogP contribution is -2.36. The van der Waals surface area contributed by atoms with Crippen molar-refractivity contribution in [3.05, 3.63) is 51.5 Å². The fraction of sp³-hybridized carbons (Fsp3) is 0.333. The quantitative estimate of drug-likeness (QED) is 0.897. The molecule has 1 aliphatic rings. The summed E-state index contributed by atoms with van der Waals surface area (Å²) in [6, 6.07) is 8.24. The first-order valence-corrected chi connectivity index (χ1v) is 7.75. The molecule has 3 N–H and O–H groups in total. The van der Waals surface area contributed by atoms with E-state index in [1.54, 1.807) is 5.38 Å². The first-order valence-electron chi connectivity index (χ1n) is 6.87. The molecule has 0 aliphatic carbocycles. The average molecular weight is 303 g/mol. The van der Waals surface area contributed by atoms with Gasteiger partial charge in [-0.2, -0.15) is 0 Å². The van der Waals surface area contributed by atoms with E-state index in [4.69, 9.17) is 10.5 Å². The van der Waals surface area contributed by atoms with Crippen molar-refractivity contribution in [1.82, 2.24) is 10.3 Å². The Kier molecular flexibility index (Phi) is 4.28. The number of nitrogens with zero attached hydrogens (tertiary/aromatic N) is 1. The van der Waals surface area contributed by atoms with E-state index in [1.165, 1.54) is 22.5 Å². The smallest absolute Gasteiger partial charge is 0.270 e. The van der Waals surface area contributed by atoms with Crippen molar-refractivity contribution in [2.24, 2.45) is 5.73 Å². The molecule has 2 aromatic rings. The second-order valence-electron chi connectivity index (χ2n) is 4.95. The first kappa shape index (κ1) is 14.2. The van der Waals surface area contributed by atoms with Crippen LogP contribution in [0.2, 0.25) is 0 Å². The molecule has 1 aromatic carbocycles. The van der Waals surface area contributed by atoms with Crippen LogP contribution in [0.3, 0.4) is 0 Å². The molecule has 6 heteroatoms.